The number of benzene rings is 1. The van der Waals surface area contributed by atoms with Crippen LogP contribution in [0.25, 0.3) is 0 Å². The van der Waals surface area contributed by atoms with E-state index in [1.807, 2.05) is 5.38 Å². The van der Waals surface area contributed by atoms with Crippen molar-refractivity contribution in [3.05, 3.63) is 40.1 Å². The highest BCUT2D eigenvalue weighted by molar-refractivity contribution is 7.09. The van der Waals surface area contributed by atoms with Gasteiger partial charge in [0.1, 0.15) is 5.82 Å². The summed E-state index contributed by atoms with van der Waals surface area (Å²) in [5, 5.41) is 14.6. The van der Waals surface area contributed by atoms with Gasteiger partial charge >= 0.3 is 5.97 Å². The molecule has 0 radical (unpaired) electrons. The lowest BCUT2D eigenvalue weighted by Gasteiger charge is -2.10. The molecule has 0 spiro atoms. The van der Waals surface area contributed by atoms with Crippen LogP contribution in [0.2, 0.25) is 0 Å². The number of nitrogens with one attached hydrogen (secondary N) is 1. The predicted molar refractivity (Wildman–Crippen MR) is 72.1 cm³/mol. The molecule has 0 saturated heterocycles. The molecule has 100 valence electrons. The van der Waals surface area contributed by atoms with Crippen molar-refractivity contribution in [3.63, 3.8) is 0 Å². The summed E-state index contributed by atoms with van der Waals surface area (Å²) in [6.45, 7) is 0.545. The number of aromatic carboxylic acids is 1. The number of rotatable bonds is 5. The number of hydrogen-bond acceptors (Lipinski definition) is 5. The first-order valence-electron chi connectivity index (χ1n) is 5.52. The number of halogens is 1. The molecule has 0 amide bonds. The number of nitrogens with zero attached hydrogens (tertiary/aromatic N) is 1. The van der Waals surface area contributed by atoms with Crippen LogP contribution < -0.4 is 11.1 Å². The molecule has 0 aliphatic carbocycles. The SMILES string of the molecule is Nc1cc(C(=O)O)c(F)cc1NCCc1nccs1. The minimum Gasteiger partial charge on any atom is -0.478 e. The molecular formula is C12H12FN3O2S. The molecule has 19 heavy (non-hydrogen) atoms. The Labute approximate surface area is 112 Å². The zero-order chi connectivity index (χ0) is 13.8. The minimum absolute atomic E-state index is 0.206. The van der Waals surface area contributed by atoms with Crippen LogP contribution in [0.4, 0.5) is 15.8 Å². The van der Waals surface area contributed by atoms with Gasteiger partial charge in [-0.1, -0.05) is 0 Å². The van der Waals surface area contributed by atoms with Gasteiger partial charge in [0.15, 0.2) is 0 Å². The summed E-state index contributed by atoms with van der Waals surface area (Å²) in [5.74, 6) is -2.14. The van der Waals surface area contributed by atoms with Gasteiger partial charge in [-0.05, 0) is 12.1 Å². The van der Waals surface area contributed by atoms with Crippen LogP contribution >= 0.6 is 11.3 Å². The quantitative estimate of drug-likeness (QED) is 0.731. The highest BCUT2D eigenvalue weighted by Crippen LogP contribution is 2.23. The number of aromatic nitrogens is 1. The van der Waals surface area contributed by atoms with E-state index in [9.17, 15) is 9.18 Å². The predicted octanol–water partition coefficient (Wildman–Crippen LogP) is 2.22. The lowest BCUT2D eigenvalue weighted by molar-refractivity contribution is 0.0692. The molecular weight excluding hydrogens is 269 g/mol. The molecule has 0 unspecified atom stereocenters. The fraction of sp³-hybridized carbons (Fsp3) is 0.167. The van der Waals surface area contributed by atoms with Crippen molar-refractivity contribution in [1.29, 1.82) is 0 Å². The van der Waals surface area contributed by atoms with E-state index in [1.54, 1.807) is 6.20 Å². The standard InChI is InChI=1S/C12H12FN3O2S/c13-8-6-10(9(14)5-7(8)12(17)18)15-2-1-11-16-3-4-19-11/h3-6,15H,1-2,14H2,(H,17,18). The highest BCUT2D eigenvalue weighted by Gasteiger charge is 2.13. The third-order valence-corrected chi connectivity index (χ3v) is 3.35. The lowest BCUT2D eigenvalue weighted by atomic mass is 10.1. The Morgan fingerprint density at radius 3 is 2.95 bits per heavy atom. The fourth-order valence-corrected chi connectivity index (χ4v) is 2.21. The van der Waals surface area contributed by atoms with Crippen LogP contribution in [-0.2, 0) is 6.42 Å². The topological polar surface area (TPSA) is 88.2 Å². The Kier molecular flexibility index (Phi) is 3.96. The van der Waals surface area contributed by atoms with E-state index in [-0.39, 0.29) is 5.69 Å². The number of nitrogen functional groups attached to an aromatic ring is 1. The average Bonchev–Trinajstić information content (AvgIpc) is 2.85. The summed E-state index contributed by atoms with van der Waals surface area (Å²) in [4.78, 5) is 14.9. The number of hydrogen-bond donors (Lipinski definition) is 3. The number of thiazole rings is 1. The Balaban J connectivity index is 2.04. The molecule has 0 atom stereocenters. The summed E-state index contributed by atoms with van der Waals surface area (Å²) in [6.07, 6.45) is 2.41. The molecule has 2 aromatic rings. The van der Waals surface area contributed by atoms with Gasteiger partial charge in [0, 0.05) is 24.5 Å². The van der Waals surface area contributed by atoms with E-state index in [0.29, 0.717) is 18.7 Å². The molecule has 0 aliphatic heterocycles. The zero-order valence-corrected chi connectivity index (χ0v) is 10.7. The van der Waals surface area contributed by atoms with Gasteiger partial charge in [0.2, 0.25) is 0 Å². The number of carbonyl (C=O) groups is 1. The number of nitrogens with two attached hydrogens (primary N) is 1. The highest BCUT2D eigenvalue weighted by atomic mass is 32.1. The summed E-state index contributed by atoms with van der Waals surface area (Å²) in [5.41, 5.74) is 5.85. The van der Waals surface area contributed by atoms with E-state index < -0.39 is 17.3 Å². The largest absolute Gasteiger partial charge is 0.478 e. The van der Waals surface area contributed by atoms with Gasteiger partial charge in [-0.3, -0.25) is 0 Å². The minimum atomic E-state index is -1.33. The molecule has 0 bridgehead atoms. The van der Waals surface area contributed by atoms with Crippen LogP contribution in [0.1, 0.15) is 15.4 Å². The van der Waals surface area contributed by atoms with Crippen LogP contribution in [0, 0.1) is 5.82 Å². The van der Waals surface area contributed by atoms with Gasteiger partial charge in [-0.15, -0.1) is 11.3 Å². The summed E-state index contributed by atoms with van der Waals surface area (Å²) in [6, 6.07) is 2.21. The van der Waals surface area contributed by atoms with E-state index in [2.05, 4.69) is 10.3 Å². The molecule has 1 aromatic carbocycles. The van der Waals surface area contributed by atoms with Crippen LogP contribution in [-0.4, -0.2) is 22.6 Å². The Hall–Kier alpha value is -2.15. The lowest BCUT2D eigenvalue weighted by Crippen LogP contribution is -2.09. The first-order chi connectivity index (χ1) is 9.08. The smallest absolute Gasteiger partial charge is 0.338 e. The summed E-state index contributed by atoms with van der Waals surface area (Å²) >= 11 is 1.54. The van der Waals surface area contributed by atoms with Gasteiger partial charge in [-0.2, -0.15) is 0 Å². The summed E-state index contributed by atoms with van der Waals surface area (Å²) in [7, 11) is 0. The Morgan fingerprint density at radius 2 is 2.32 bits per heavy atom. The van der Waals surface area contributed by atoms with Crippen molar-refractivity contribution < 1.29 is 14.3 Å². The van der Waals surface area contributed by atoms with E-state index in [1.165, 1.54) is 11.3 Å². The normalized spacial score (nSPS) is 10.4. The molecule has 1 aromatic heterocycles. The molecule has 1 heterocycles. The number of carboxylic acid groups (broad SMARTS) is 1. The van der Waals surface area contributed by atoms with Gasteiger partial charge in [-0.25, -0.2) is 14.2 Å². The Bertz CT molecular complexity index is 587. The second-order valence-corrected chi connectivity index (χ2v) is 4.81. The molecule has 7 heteroatoms. The second kappa shape index (κ2) is 5.66. The molecule has 0 fully saturated rings. The third kappa shape index (κ3) is 3.19. The zero-order valence-electron chi connectivity index (χ0n) is 9.89. The Morgan fingerprint density at radius 1 is 1.53 bits per heavy atom. The van der Waals surface area contributed by atoms with Crippen molar-refractivity contribution in [1.82, 2.24) is 4.98 Å². The number of carboxylic acids is 1. The maximum Gasteiger partial charge on any atom is 0.338 e. The molecule has 0 aliphatic rings. The van der Waals surface area contributed by atoms with Gasteiger partial charge in [0.05, 0.1) is 21.9 Å². The average molecular weight is 281 g/mol. The van der Waals surface area contributed by atoms with Gasteiger partial charge in [0.25, 0.3) is 0 Å². The monoisotopic (exact) mass is 281 g/mol. The van der Waals surface area contributed by atoms with Crippen molar-refractivity contribution in [2.75, 3.05) is 17.6 Å². The number of anilines is 2. The fourth-order valence-electron chi connectivity index (χ4n) is 1.59. The van der Waals surface area contributed by atoms with E-state index in [0.717, 1.165) is 17.1 Å². The van der Waals surface area contributed by atoms with Crippen molar-refractivity contribution in [3.8, 4) is 0 Å². The maximum atomic E-state index is 13.5. The first kappa shape index (κ1) is 13.3. The van der Waals surface area contributed by atoms with Crippen LogP contribution in [0.5, 0.6) is 0 Å². The van der Waals surface area contributed by atoms with Crippen LogP contribution in [0.3, 0.4) is 0 Å². The first-order valence-corrected chi connectivity index (χ1v) is 6.40. The van der Waals surface area contributed by atoms with E-state index >= 15 is 0 Å². The molecule has 0 saturated carbocycles. The maximum absolute atomic E-state index is 13.5. The van der Waals surface area contributed by atoms with Gasteiger partial charge < -0.3 is 16.2 Å². The molecule has 2 rings (SSSR count). The molecule has 5 nitrogen and oxygen atoms in total. The van der Waals surface area contributed by atoms with Crippen molar-refractivity contribution >= 4 is 28.7 Å². The van der Waals surface area contributed by atoms with Crippen molar-refractivity contribution in [2.45, 2.75) is 6.42 Å². The second-order valence-electron chi connectivity index (χ2n) is 3.83. The summed E-state index contributed by atoms with van der Waals surface area (Å²) < 4.78 is 13.5. The van der Waals surface area contributed by atoms with E-state index in [4.69, 9.17) is 10.8 Å². The van der Waals surface area contributed by atoms with Crippen LogP contribution in [0.15, 0.2) is 23.7 Å². The third-order valence-electron chi connectivity index (χ3n) is 2.51. The van der Waals surface area contributed by atoms with Crippen molar-refractivity contribution in [2.24, 2.45) is 0 Å². The molecule has 4 N–H and O–H groups in total.